The zero-order valence-electron chi connectivity index (χ0n) is 18.1. The number of carbonyl (C=O) groups excluding carboxylic acids is 1. The van der Waals surface area contributed by atoms with Crippen molar-refractivity contribution in [2.24, 2.45) is 0 Å². The number of nitrogens with one attached hydrogen (secondary N) is 1. The average Bonchev–Trinajstić information content (AvgIpc) is 3.18. The largest absolute Gasteiger partial charge is 0.573 e. The number of nitrogens with zero attached hydrogens (tertiary/aromatic N) is 7. The van der Waals surface area contributed by atoms with Crippen LogP contribution in [0, 0.1) is 11.5 Å². The van der Waals surface area contributed by atoms with Gasteiger partial charge < -0.3 is 19.5 Å². The number of alkyl halides is 3. The quantitative estimate of drug-likeness (QED) is 0.498. The van der Waals surface area contributed by atoms with Crippen molar-refractivity contribution in [3.63, 3.8) is 0 Å². The number of likely N-dealkylation sites (tertiary alicyclic amines) is 1. The second kappa shape index (κ2) is 8.90. The summed E-state index contributed by atoms with van der Waals surface area (Å²) in [6.07, 6.45) is 2.78. The first-order chi connectivity index (χ1) is 16.8. The van der Waals surface area contributed by atoms with Gasteiger partial charge in [-0.05, 0) is 42.9 Å². The Hall–Kier alpha value is -4.15. The van der Waals surface area contributed by atoms with Crippen molar-refractivity contribution in [2.45, 2.75) is 50.2 Å². The first-order valence-electron chi connectivity index (χ1n) is 10.8. The van der Waals surface area contributed by atoms with Gasteiger partial charge in [0.15, 0.2) is 6.19 Å². The molecule has 1 aliphatic heterocycles. The van der Waals surface area contributed by atoms with Crippen molar-refractivity contribution in [2.75, 3.05) is 6.54 Å². The molecule has 11 nitrogen and oxygen atoms in total. The Morgan fingerprint density at radius 2 is 2.17 bits per heavy atom. The monoisotopic (exact) mass is 488 g/mol. The molecule has 2 atom stereocenters. The smallest absolute Gasteiger partial charge is 0.406 e. The molecule has 0 bridgehead atoms. The molecule has 1 aromatic carbocycles. The third kappa shape index (κ3) is 5.18. The zero-order chi connectivity index (χ0) is 24.6. The molecule has 2 fully saturated rings. The van der Waals surface area contributed by atoms with Crippen molar-refractivity contribution in [3.8, 4) is 23.3 Å². The molecular weight excluding hydrogens is 469 g/mol. The Morgan fingerprint density at radius 1 is 1.34 bits per heavy atom. The van der Waals surface area contributed by atoms with Crippen LogP contribution in [-0.4, -0.2) is 60.9 Å². The number of rotatable bonds is 7. The number of carbonyl (C=O) groups is 1. The number of benzene rings is 1. The fourth-order valence-electron chi connectivity index (χ4n) is 4.21. The van der Waals surface area contributed by atoms with Crippen LogP contribution >= 0.6 is 0 Å². The van der Waals surface area contributed by atoms with Gasteiger partial charge in [-0.2, -0.15) is 10.2 Å². The van der Waals surface area contributed by atoms with Gasteiger partial charge in [0.1, 0.15) is 5.75 Å². The third-order valence-corrected chi connectivity index (χ3v) is 5.88. The number of nitriles is 1. The summed E-state index contributed by atoms with van der Waals surface area (Å²) in [5.41, 5.74) is 1.09. The van der Waals surface area contributed by atoms with E-state index >= 15 is 0 Å². The standard InChI is InChI=1S/C21H19F3N8O3/c22-21(23,24)34-15-3-4-16(12-1-2-12)17(8-15)18-28-20(35-29-18)19(33)27-13-7-14(31(9-13)11-25)10-32-6-5-26-30-32/h3-6,8,12-14H,1-2,7,9-10H2,(H,27,33)/t13-,14+/m1/s1. The molecule has 2 aromatic heterocycles. The Balaban J connectivity index is 1.29. The lowest BCUT2D eigenvalue weighted by molar-refractivity contribution is -0.274. The first-order valence-corrected chi connectivity index (χ1v) is 10.8. The molecule has 0 radical (unpaired) electrons. The maximum Gasteiger partial charge on any atom is 0.573 e. The van der Waals surface area contributed by atoms with Gasteiger partial charge in [-0.25, -0.2) is 0 Å². The summed E-state index contributed by atoms with van der Waals surface area (Å²) in [5.74, 6) is -1.19. The van der Waals surface area contributed by atoms with Gasteiger partial charge in [0, 0.05) is 24.3 Å². The van der Waals surface area contributed by atoms with Crippen molar-refractivity contribution in [1.82, 2.24) is 35.4 Å². The summed E-state index contributed by atoms with van der Waals surface area (Å²) in [6, 6.07) is 3.47. The summed E-state index contributed by atoms with van der Waals surface area (Å²) in [6.45, 7) is 0.732. The number of hydrogen-bond acceptors (Lipinski definition) is 9. The highest BCUT2D eigenvalue weighted by atomic mass is 19.4. The summed E-state index contributed by atoms with van der Waals surface area (Å²) < 4.78 is 48.8. The topological polar surface area (TPSA) is 135 Å². The summed E-state index contributed by atoms with van der Waals surface area (Å²) in [4.78, 5) is 18.4. The van der Waals surface area contributed by atoms with Crippen LogP contribution in [0.15, 0.2) is 35.1 Å². The molecule has 1 amide bonds. The van der Waals surface area contributed by atoms with Gasteiger partial charge in [-0.3, -0.25) is 9.48 Å². The van der Waals surface area contributed by atoms with E-state index in [2.05, 4.69) is 36.7 Å². The molecule has 35 heavy (non-hydrogen) atoms. The molecule has 182 valence electrons. The van der Waals surface area contributed by atoms with E-state index in [1.54, 1.807) is 21.8 Å². The average molecular weight is 488 g/mol. The molecule has 1 aliphatic carbocycles. The van der Waals surface area contributed by atoms with Crippen LogP contribution in [-0.2, 0) is 6.54 Å². The van der Waals surface area contributed by atoms with Crippen LogP contribution in [0.4, 0.5) is 13.2 Å². The molecule has 0 spiro atoms. The highest BCUT2D eigenvalue weighted by Crippen LogP contribution is 2.45. The molecule has 3 aromatic rings. The SMILES string of the molecule is N#CN1C[C@H](NC(=O)c2nc(-c3cc(OC(F)(F)F)ccc3C3CC3)no2)C[C@H]1Cn1ccnn1. The van der Waals surface area contributed by atoms with Crippen LogP contribution in [0.25, 0.3) is 11.4 Å². The van der Waals surface area contributed by atoms with Gasteiger partial charge in [-0.1, -0.05) is 16.4 Å². The lowest BCUT2D eigenvalue weighted by atomic mass is 10.0. The van der Waals surface area contributed by atoms with Gasteiger partial charge >= 0.3 is 18.2 Å². The number of amides is 1. The molecule has 1 saturated heterocycles. The van der Waals surface area contributed by atoms with Crippen molar-refractivity contribution < 1.29 is 27.2 Å². The minimum Gasteiger partial charge on any atom is -0.406 e. The van der Waals surface area contributed by atoms with E-state index in [-0.39, 0.29) is 29.7 Å². The van der Waals surface area contributed by atoms with E-state index in [9.17, 15) is 23.2 Å². The maximum absolute atomic E-state index is 12.7. The summed E-state index contributed by atoms with van der Waals surface area (Å²) in [5, 5.41) is 23.7. The Morgan fingerprint density at radius 3 is 2.86 bits per heavy atom. The van der Waals surface area contributed by atoms with Crippen LogP contribution < -0.4 is 10.1 Å². The van der Waals surface area contributed by atoms with Crippen LogP contribution in [0.2, 0.25) is 0 Å². The fraction of sp³-hybridized carbons (Fsp3) is 0.429. The minimum absolute atomic E-state index is 0.00111. The first kappa shape index (κ1) is 22.6. The molecule has 5 rings (SSSR count). The third-order valence-electron chi connectivity index (χ3n) is 5.88. The Labute approximate surface area is 196 Å². The van der Waals surface area contributed by atoms with Gasteiger partial charge in [0.2, 0.25) is 5.82 Å². The van der Waals surface area contributed by atoms with E-state index in [4.69, 9.17) is 4.52 Å². The van der Waals surface area contributed by atoms with Crippen LogP contribution in [0.5, 0.6) is 5.75 Å². The Bertz CT molecular complexity index is 1250. The molecule has 14 heteroatoms. The van der Waals surface area contributed by atoms with Gasteiger partial charge in [0.05, 0.1) is 18.8 Å². The predicted molar refractivity (Wildman–Crippen MR) is 110 cm³/mol. The number of aromatic nitrogens is 5. The molecule has 0 unspecified atom stereocenters. The predicted octanol–water partition coefficient (Wildman–Crippen LogP) is 2.46. The highest BCUT2D eigenvalue weighted by Gasteiger charge is 2.35. The normalized spacial score (nSPS) is 20.0. The lowest BCUT2D eigenvalue weighted by Crippen LogP contribution is -2.36. The Kier molecular flexibility index (Phi) is 5.75. The van der Waals surface area contributed by atoms with E-state index in [0.29, 0.717) is 25.1 Å². The van der Waals surface area contributed by atoms with Gasteiger partial charge in [0.25, 0.3) is 0 Å². The summed E-state index contributed by atoms with van der Waals surface area (Å²) in [7, 11) is 0. The van der Waals surface area contributed by atoms with Crippen LogP contribution in [0.3, 0.4) is 0 Å². The van der Waals surface area contributed by atoms with Crippen molar-refractivity contribution >= 4 is 5.91 Å². The van der Waals surface area contributed by atoms with E-state index in [1.165, 1.54) is 18.3 Å². The highest BCUT2D eigenvalue weighted by molar-refractivity contribution is 5.90. The molecule has 1 saturated carbocycles. The summed E-state index contributed by atoms with van der Waals surface area (Å²) >= 11 is 0. The van der Waals surface area contributed by atoms with E-state index in [1.807, 2.05) is 0 Å². The maximum atomic E-state index is 12.7. The van der Waals surface area contributed by atoms with Crippen molar-refractivity contribution in [1.29, 1.82) is 5.26 Å². The second-order valence-electron chi connectivity index (χ2n) is 8.43. The number of ether oxygens (including phenoxy) is 1. The zero-order valence-corrected chi connectivity index (χ0v) is 18.1. The lowest BCUT2D eigenvalue weighted by Gasteiger charge is -2.16. The van der Waals surface area contributed by atoms with Crippen LogP contribution in [0.1, 0.15) is 41.4 Å². The number of halogens is 3. The minimum atomic E-state index is -4.84. The van der Waals surface area contributed by atoms with E-state index < -0.39 is 18.0 Å². The van der Waals surface area contributed by atoms with Gasteiger partial charge in [-0.15, -0.1) is 18.3 Å². The molecule has 2 aliphatic rings. The number of hydrogen-bond donors (Lipinski definition) is 1. The fourth-order valence-corrected chi connectivity index (χ4v) is 4.21. The molecule has 1 N–H and O–H groups in total. The second-order valence-corrected chi connectivity index (χ2v) is 8.43. The van der Waals surface area contributed by atoms with E-state index in [0.717, 1.165) is 18.4 Å². The van der Waals surface area contributed by atoms with Crippen molar-refractivity contribution in [3.05, 3.63) is 42.0 Å². The molecule has 3 heterocycles. The molecular formula is C21H19F3N8O3.